The lowest BCUT2D eigenvalue weighted by molar-refractivity contribution is -0.131. The van der Waals surface area contributed by atoms with Crippen LogP contribution in [0.5, 0.6) is 0 Å². The van der Waals surface area contributed by atoms with E-state index in [9.17, 15) is 24.4 Å². The molecular weight excluding hydrogens is 610 g/mol. The van der Waals surface area contributed by atoms with Crippen molar-refractivity contribution in [1.82, 2.24) is 19.9 Å². The summed E-state index contributed by atoms with van der Waals surface area (Å²) in [5.74, 6) is -1.04. The van der Waals surface area contributed by atoms with Crippen LogP contribution in [0.25, 0.3) is 0 Å². The van der Waals surface area contributed by atoms with Crippen LogP contribution in [0.1, 0.15) is 113 Å². The number of nitriles is 1. The first-order valence-electron chi connectivity index (χ1n) is 17.0. The average Bonchev–Trinajstić information content (AvgIpc) is 3.61. The molecule has 3 aromatic rings. The van der Waals surface area contributed by atoms with Gasteiger partial charge in [-0.15, -0.1) is 0 Å². The number of nitrogens with zero attached hydrogens (tertiary/aromatic N) is 4. The van der Waals surface area contributed by atoms with Gasteiger partial charge in [-0.05, 0) is 104 Å². The van der Waals surface area contributed by atoms with Crippen LogP contribution < -0.4 is 22.5 Å². The van der Waals surface area contributed by atoms with Gasteiger partial charge in [0.2, 0.25) is 17.7 Å². The number of amides is 3. The van der Waals surface area contributed by atoms with Gasteiger partial charge in [-0.25, -0.2) is 4.79 Å². The van der Waals surface area contributed by atoms with Gasteiger partial charge in [-0.1, -0.05) is 31.4 Å². The molecular formula is C36H41N7O5. The topological polar surface area (TPSA) is 190 Å². The minimum atomic E-state index is -1.09. The normalized spacial score (nSPS) is 23.2. The number of hydrogen-bond acceptors (Lipinski definition) is 8. The van der Waals surface area contributed by atoms with Crippen LogP contribution in [0, 0.1) is 17.2 Å². The highest BCUT2D eigenvalue weighted by Gasteiger charge is 2.54. The first-order valence-corrected chi connectivity index (χ1v) is 17.0. The number of likely N-dealkylation sites (tertiary alicyclic amines) is 1. The summed E-state index contributed by atoms with van der Waals surface area (Å²) in [5.41, 5.74) is 14.5. The Bertz CT molecular complexity index is 1820. The van der Waals surface area contributed by atoms with Crippen LogP contribution in [0.3, 0.4) is 0 Å². The molecule has 0 spiro atoms. The molecule has 2 saturated carbocycles. The largest absolute Gasteiger partial charge is 0.459 e. The standard InChI is InChI=1S/C36H41N7O5/c1-20(40-19-31(44)42-27(18-37)15-25-16-30(25)42)17-36(34-41-35(47)48-43(34)26-5-3-2-4-6-26)28-11-9-23(32(38)45)13-21(28)7-8-22-14-24(33(39)46)10-12-29(22)36/h9-14,20,25-27,30,40H,2-8,15-17,19H2,1H3,(H2,38,45)(H2,39,46)/t20-,25+,27?,30-/m0/s1. The molecule has 3 fully saturated rings. The first-order chi connectivity index (χ1) is 23.1. The maximum Gasteiger partial charge on any atom is 0.459 e. The number of nitrogens with two attached hydrogens (primary N) is 2. The summed E-state index contributed by atoms with van der Waals surface area (Å²) >= 11 is 0. The lowest BCUT2D eigenvalue weighted by Gasteiger charge is -2.39. The predicted molar refractivity (Wildman–Crippen MR) is 175 cm³/mol. The molecule has 0 bridgehead atoms. The molecule has 12 nitrogen and oxygen atoms in total. The molecule has 12 heteroatoms. The fourth-order valence-electron chi connectivity index (χ4n) is 8.65. The van der Waals surface area contributed by atoms with Crippen LogP contribution in [0.15, 0.2) is 45.7 Å². The van der Waals surface area contributed by atoms with Gasteiger partial charge in [0.1, 0.15) is 6.04 Å². The zero-order valence-electron chi connectivity index (χ0n) is 27.1. The number of hydrogen-bond donors (Lipinski definition) is 3. The van der Waals surface area contributed by atoms with Crippen molar-refractivity contribution < 1.29 is 18.9 Å². The van der Waals surface area contributed by atoms with Gasteiger partial charge >= 0.3 is 5.76 Å². The zero-order valence-corrected chi connectivity index (χ0v) is 27.1. The fourth-order valence-corrected chi connectivity index (χ4v) is 8.65. The lowest BCUT2D eigenvalue weighted by Crippen LogP contribution is -2.47. The summed E-state index contributed by atoms with van der Waals surface area (Å²) in [4.78, 5) is 57.7. The molecule has 5 N–H and O–H groups in total. The Morgan fingerprint density at radius 2 is 1.65 bits per heavy atom. The third kappa shape index (κ3) is 5.49. The van der Waals surface area contributed by atoms with Crippen molar-refractivity contribution in [3.8, 4) is 6.07 Å². The molecule has 1 aromatic heterocycles. The molecule has 4 aliphatic rings. The molecule has 1 unspecified atom stereocenters. The smallest absolute Gasteiger partial charge is 0.366 e. The van der Waals surface area contributed by atoms with Crippen molar-refractivity contribution in [1.29, 1.82) is 5.26 Å². The second kappa shape index (κ2) is 12.4. The third-order valence-corrected chi connectivity index (χ3v) is 11.0. The fraction of sp³-hybridized carbons (Fsp3) is 0.500. The molecule has 1 saturated heterocycles. The van der Waals surface area contributed by atoms with Crippen molar-refractivity contribution >= 4 is 17.7 Å². The van der Waals surface area contributed by atoms with E-state index in [0.29, 0.717) is 42.1 Å². The molecule has 48 heavy (non-hydrogen) atoms. The van der Waals surface area contributed by atoms with Crippen LogP contribution in [0.2, 0.25) is 0 Å². The number of benzene rings is 2. The number of aryl methyl sites for hydroxylation is 2. The first kappa shape index (κ1) is 31.8. The molecule has 3 amide bonds. The van der Waals surface area contributed by atoms with Gasteiger partial charge < -0.3 is 26.2 Å². The van der Waals surface area contributed by atoms with E-state index < -0.39 is 29.0 Å². The van der Waals surface area contributed by atoms with E-state index in [2.05, 4.69) is 16.4 Å². The third-order valence-electron chi connectivity index (χ3n) is 11.0. The number of carbonyl (C=O) groups excluding carboxylic acids is 3. The van der Waals surface area contributed by atoms with E-state index >= 15 is 0 Å². The molecule has 2 aromatic carbocycles. The van der Waals surface area contributed by atoms with E-state index in [-0.39, 0.29) is 30.6 Å². The molecule has 2 heterocycles. The molecule has 3 aliphatic carbocycles. The van der Waals surface area contributed by atoms with Gasteiger partial charge in [0, 0.05) is 23.2 Å². The number of aromatic nitrogens is 2. The number of piperidine rings is 1. The Kier molecular flexibility index (Phi) is 8.19. The van der Waals surface area contributed by atoms with Crippen LogP contribution in [-0.2, 0) is 23.1 Å². The van der Waals surface area contributed by atoms with Crippen LogP contribution in [-0.4, -0.2) is 57.0 Å². The predicted octanol–water partition coefficient (Wildman–Crippen LogP) is 2.85. The van der Waals surface area contributed by atoms with Crippen molar-refractivity contribution in [3.63, 3.8) is 0 Å². The second-order valence-electron chi connectivity index (χ2n) is 14.0. The Labute approximate surface area is 278 Å². The number of nitrogens with one attached hydrogen (secondary N) is 1. The van der Waals surface area contributed by atoms with Gasteiger partial charge in [0.15, 0.2) is 5.82 Å². The maximum absolute atomic E-state index is 13.5. The van der Waals surface area contributed by atoms with Gasteiger partial charge in [0.25, 0.3) is 0 Å². The van der Waals surface area contributed by atoms with Gasteiger partial charge in [0.05, 0.1) is 24.1 Å². The Morgan fingerprint density at radius 1 is 1.02 bits per heavy atom. The molecule has 7 rings (SSSR count). The van der Waals surface area contributed by atoms with Gasteiger partial charge in [-0.2, -0.15) is 15.0 Å². The minimum absolute atomic E-state index is 0.0494. The summed E-state index contributed by atoms with van der Waals surface area (Å²) in [6.45, 7) is 2.04. The summed E-state index contributed by atoms with van der Waals surface area (Å²) in [7, 11) is 0. The lowest BCUT2D eigenvalue weighted by atomic mass is 9.67. The molecule has 4 atom stereocenters. The maximum atomic E-state index is 13.5. The monoisotopic (exact) mass is 651 g/mol. The average molecular weight is 652 g/mol. The molecule has 0 radical (unpaired) electrons. The Hall–Kier alpha value is -4.76. The van der Waals surface area contributed by atoms with Gasteiger partial charge in [-0.3, -0.25) is 14.4 Å². The summed E-state index contributed by atoms with van der Waals surface area (Å²) < 4.78 is 7.61. The van der Waals surface area contributed by atoms with E-state index in [1.165, 1.54) is 0 Å². The highest BCUT2D eigenvalue weighted by Crippen LogP contribution is 2.49. The Morgan fingerprint density at radius 3 is 2.23 bits per heavy atom. The number of carbonyl (C=O) groups is 3. The van der Waals surface area contributed by atoms with E-state index in [0.717, 1.165) is 67.2 Å². The Balaban J connectivity index is 1.37. The number of fused-ring (bicyclic) bond motifs is 3. The van der Waals surface area contributed by atoms with Crippen LogP contribution >= 0.6 is 0 Å². The summed E-state index contributed by atoms with van der Waals surface area (Å²) in [6, 6.07) is 12.5. The zero-order chi connectivity index (χ0) is 33.7. The highest BCUT2D eigenvalue weighted by atomic mass is 16.5. The van der Waals surface area contributed by atoms with Crippen molar-refractivity contribution in [2.45, 2.75) is 101 Å². The number of primary amides is 2. The SMILES string of the molecule is C[C@@H](CC1(c2nc(=O)on2C2CCCCC2)c2ccc(C(N)=O)cc2CCc2cc(C(N)=O)ccc21)NCC(=O)N1C(C#N)C[C@@H]2C[C@@H]21. The summed E-state index contributed by atoms with van der Waals surface area (Å²) in [6.07, 6.45) is 7.88. The second-order valence-corrected chi connectivity index (χ2v) is 14.0. The minimum Gasteiger partial charge on any atom is -0.366 e. The molecule has 1 aliphatic heterocycles. The van der Waals surface area contributed by atoms with E-state index in [1.807, 2.05) is 19.1 Å². The van der Waals surface area contributed by atoms with Crippen molar-refractivity contribution in [3.05, 3.63) is 86.2 Å². The summed E-state index contributed by atoms with van der Waals surface area (Å²) in [5, 5.41) is 13.1. The van der Waals surface area contributed by atoms with E-state index in [1.54, 1.807) is 33.9 Å². The number of rotatable bonds is 9. The quantitative estimate of drug-likeness (QED) is 0.315. The van der Waals surface area contributed by atoms with Crippen molar-refractivity contribution in [2.75, 3.05) is 6.54 Å². The molecule has 250 valence electrons. The van der Waals surface area contributed by atoms with Crippen molar-refractivity contribution in [2.24, 2.45) is 17.4 Å². The van der Waals surface area contributed by atoms with Crippen LogP contribution in [0.4, 0.5) is 0 Å². The van der Waals surface area contributed by atoms with E-state index in [4.69, 9.17) is 16.0 Å². The highest BCUT2D eigenvalue weighted by molar-refractivity contribution is 5.94.